The first-order chi connectivity index (χ1) is 18.3. The monoisotopic (exact) mass is 532 g/mol. The number of nitrogens with zero attached hydrogens (tertiary/aromatic N) is 3. The summed E-state index contributed by atoms with van der Waals surface area (Å²) in [6, 6.07) is 12.3. The van der Waals surface area contributed by atoms with E-state index in [9.17, 15) is 18.4 Å². The van der Waals surface area contributed by atoms with Crippen molar-refractivity contribution in [3.05, 3.63) is 64.9 Å². The highest BCUT2D eigenvalue weighted by molar-refractivity contribution is 6.11. The van der Waals surface area contributed by atoms with Gasteiger partial charge in [-0.05, 0) is 62.6 Å². The smallest absolute Gasteiger partial charge is 0.414 e. The maximum atomic E-state index is 15.0. The fraction of sp³-hybridized carbons (Fsp3) is 0.429. The summed E-state index contributed by atoms with van der Waals surface area (Å²) in [5.74, 6) is -0.418. The number of halogens is 3. The lowest BCUT2D eigenvalue weighted by Gasteiger charge is -2.42. The van der Waals surface area contributed by atoms with Crippen LogP contribution in [0.15, 0.2) is 53.7 Å². The average Bonchev–Trinajstić information content (AvgIpc) is 3.39. The van der Waals surface area contributed by atoms with E-state index in [4.69, 9.17) is 4.74 Å². The number of allylic oxidation sites excluding steroid dienone is 1. The van der Waals surface area contributed by atoms with Gasteiger partial charge < -0.3 is 9.64 Å². The van der Waals surface area contributed by atoms with Crippen molar-refractivity contribution in [3.8, 4) is 0 Å². The Bertz CT molecular complexity index is 1180. The van der Waals surface area contributed by atoms with Crippen LogP contribution in [0.5, 0.6) is 0 Å². The third kappa shape index (κ3) is 5.50. The van der Waals surface area contributed by atoms with E-state index in [2.05, 4.69) is 5.43 Å². The molecular formula is C28H35F3N4O3. The number of alkyl halides is 3. The molecule has 0 bridgehead atoms. The van der Waals surface area contributed by atoms with E-state index < -0.39 is 24.8 Å². The van der Waals surface area contributed by atoms with Crippen LogP contribution in [0.25, 0.3) is 0 Å². The summed E-state index contributed by atoms with van der Waals surface area (Å²) in [4.78, 5) is 30.1. The molecule has 2 aromatic carbocycles. The first kappa shape index (κ1) is 29.0. The second-order valence-corrected chi connectivity index (χ2v) is 8.96. The first-order valence-corrected chi connectivity index (χ1v) is 12.6. The van der Waals surface area contributed by atoms with Gasteiger partial charge in [-0.25, -0.2) is 19.0 Å². The summed E-state index contributed by atoms with van der Waals surface area (Å²) in [6.45, 7) is 6.79. The minimum atomic E-state index is -1.97. The SMILES string of the molecule is CCOC(=O)N1c2cc(C)c(C)cc2N(C(=O)C2=C(C(F)CF)N(c3ccccc3)NC2)CC1CC.CF. The summed E-state index contributed by atoms with van der Waals surface area (Å²) in [7, 11) is 0.500. The van der Waals surface area contributed by atoms with E-state index in [0.29, 0.717) is 30.7 Å². The number of rotatable bonds is 6. The molecule has 2 unspecified atom stereocenters. The number of hydrogen-bond acceptors (Lipinski definition) is 5. The van der Waals surface area contributed by atoms with Crippen LogP contribution in [-0.2, 0) is 9.53 Å². The van der Waals surface area contributed by atoms with Crippen molar-refractivity contribution in [1.29, 1.82) is 0 Å². The van der Waals surface area contributed by atoms with Crippen LogP contribution < -0.4 is 20.2 Å². The van der Waals surface area contributed by atoms with Crippen molar-refractivity contribution in [3.63, 3.8) is 0 Å². The van der Waals surface area contributed by atoms with Gasteiger partial charge >= 0.3 is 6.09 Å². The van der Waals surface area contributed by atoms with E-state index in [1.807, 2.05) is 39.0 Å². The van der Waals surface area contributed by atoms with Gasteiger partial charge in [0.05, 0.1) is 48.2 Å². The number of ether oxygens (including phenoxy) is 1. The predicted octanol–water partition coefficient (Wildman–Crippen LogP) is 5.56. The van der Waals surface area contributed by atoms with Gasteiger partial charge in [0, 0.05) is 13.1 Å². The molecule has 0 spiro atoms. The number of para-hydroxylation sites is 1. The average molecular weight is 533 g/mol. The molecule has 38 heavy (non-hydrogen) atoms. The van der Waals surface area contributed by atoms with Crippen LogP contribution in [0.1, 0.15) is 31.4 Å². The summed E-state index contributed by atoms with van der Waals surface area (Å²) in [5.41, 5.74) is 6.80. The van der Waals surface area contributed by atoms with E-state index in [1.54, 1.807) is 41.0 Å². The van der Waals surface area contributed by atoms with Gasteiger partial charge in [-0.3, -0.25) is 19.1 Å². The number of fused-ring (bicyclic) bond motifs is 1. The van der Waals surface area contributed by atoms with Crippen molar-refractivity contribution < 1.29 is 27.5 Å². The highest BCUT2D eigenvalue weighted by atomic mass is 19.2. The fourth-order valence-corrected chi connectivity index (χ4v) is 4.75. The number of hydrogen-bond donors (Lipinski definition) is 1. The van der Waals surface area contributed by atoms with Gasteiger partial charge in [0.1, 0.15) is 6.67 Å². The third-order valence-electron chi connectivity index (χ3n) is 6.75. The summed E-state index contributed by atoms with van der Waals surface area (Å²) in [5, 5.41) is 1.45. The van der Waals surface area contributed by atoms with Crippen LogP contribution in [0.4, 0.5) is 35.0 Å². The van der Waals surface area contributed by atoms with Crippen LogP contribution in [0.3, 0.4) is 0 Å². The summed E-state index contributed by atoms with van der Waals surface area (Å²) >= 11 is 0. The molecule has 0 aromatic heterocycles. The minimum Gasteiger partial charge on any atom is -0.449 e. The highest BCUT2D eigenvalue weighted by Crippen LogP contribution is 2.40. The Hall–Kier alpha value is -3.53. The van der Waals surface area contributed by atoms with Crippen molar-refractivity contribution in [2.75, 3.05) is 48.4 Å². The second-order valence-electron chi connectivity index (χ2n) is 8.96. The van der Waals surface area contributed by atoms with E-state index in [1.165, 1.54) is 5.01 Å². The molecule has 2 aromatic rings. The van der Waals surface area contributed by atoms with Crippen LogP contribution >= 0.6 is 0 Å². The molecule has 2 amide bonds. The van der Waals surface area contributed by atoms with E-state index >= 15 is 4.39 Å². The lowest BCUT2D eigenvalue weighted by atomic mass is 9.99. The standard InChI is InChI=1S/C27H32F2N4O3.CH3F/c1-5-19-16-31(23-12-17(3)18(4)13-24(23)32(19)27(35)36-6-2)26(34)21-15-30-33(25(21)22(29)14-28)20-10-8-7-9-11-20;1-2/h7-13,19,22,30H,5-6,14-16H2,1-4H3;1H3. The van der Waals surface area contributed by atoms with Gasteiger partial charge in [-0.1, -0.05) is 25.1 Å². The molecule has 2 aliphatic rings. The largest absolute Gasteiger partial charge is 0.449 e. The molecule has 0 aliphatic carbocycles. The molecule has 2 heterocycles. The molecule has 0 radical (unpaired) electrons. The Morgan fingerprint density at radius 2 is 1.71 bits per heavy atom. The lowest BCUT2D eigenvalue weighted by Crippen LogP contribution is -2.53. The Morgan fingerprint density at radius 1 is 1.08 bits per heavy atom. The molecule has 4 rings (SSSR count). The second kappa shape index (κ2) is 12.8. The maximum absolute atomic E-state index is 15.0. The fourth-order valence-electron chi connectivity index (χ4n) is 4.75. The molecule has 0 fully saturated rings. The van der Waals surface area contributed by atoms with Gasteiger partial charge in [0.2, 0.25) is 0 Å². The van der Waals surface area contributed by atoms with Gasteiger partial charge in [-0.2, -0.15) is 0 Å². The molecule has 10 heteroatoms. The van der Waals surface area contributed by atoms with Crippen molar-refractivity contribution in [2.24, 2.45) is 0 Å². The highest BCUT2D eigenvalue weighted by Gasteiger charge is 2.41. The van der Waals surface area contributed by atoms with Gasteiger partial charge in [0.25, 0.3) is 5.91 Å². The van der Waals surface area contributed by atoms with Crippen molar-refractivity contribution in [1.82, 2.24) is 5.43 Å². The Kier molecular flexibility index (Phi) is 9.79. The van der Waals surface area contributed by atoms with E-state index in [0.717, 1.165) is 11.1 Å². The molecule has 0 saturated carbocycles. The topological polar surface area (TPSA) is 65.1 Å². The number of amides is 2. The zero-order valence-corrected chi connectivity index (χ0v) is 22.4. The molecule has 0 saturated heterocycles. The zero-order valence-electron chi connectivity index (χ0n) is 22.4. The van der Waals surface area contributed by atoms with Crippen molar-refractivity contribution >= 4 is 29.1 Å². The number of anilines is 3. The number of benzene rings is 2. The number of nitrogens with one attached hydrogen (secondary N) is 1. The minimum absolute atomic E-state index is 0.0278. The number of aryl methyl sites for hydroxylation is 2. The molecule has 206 valence electrons. The lowest BCUT2D eigenvalue weighted by molar-refractivity contribution is -0.115. The molecule has 1 N–H and O–H groups in total. The van der Waals surface area contributed by atoms with Crippen LogP contribution in [0.2, 0.25) is 0 Å². The third-order valence-corrected chi connectivity index (χ3v) is 6.75. The summed E-state index contributed by atoms with van der Waals surface area (Å²) < 4.78 is 43.5. The Morgan fingerprint density at radius 3 is 2.29 bits per heavy atom. The molecule has 7 nitrogen and oxygen atoms in total. The Balaban J connectivity index is 0.00000195. The number of carbonyl (C=O) groups excluding carboxylic acids is 2. The molecule has 2 atom stereocenters. The molecule has 2 aliphatic heterocycles. The number of hydrazine groups is 1. The van der Waals surface area contributed by atoms with Crippen molar-refractivity contribution in [2.45, 2.75) is 46.3 Å². The Labute approximate surface area is 221 Å². The van der Waals surface area contributed by atoms with Gasteiger partial charge in [0.15, 0.2) is 6.17 Å². The number of carbonyl (C=O) groups is 2. The quantitative estimate of drug-likeness (QED) is 0.528. The summed E-state index contributed by atoms with van der Waals surface area (Å²) in [6.07, 6.45) is -1.87. The molecular weight excluding hydrogens is 497 g/mol. The predicted molar refractivity (Wildman–Crippen MR) is 144 cm³/mol. The maximum Gasteiger partial charge on any atom is 0.414 e. The van der Waals surface area contributed by atoms with Crippen LogP contribution in [-0.4, -0.2) is 57.8 Å². The zero-order chi connectivity index (χ0) is 28.0. The van der Waals surface area contributed by atoms with E-state index in [-0.39, 0.29) is 37.0 Å². The van der Waals surface area contributed by atoms with Crippen LogP contribution in [0, 0.1) is 13.8 Å². The van der Waals surface area contributed by atoms with Gasteiger partial charge in [-0.15, -0.1) is 0 Å². The normalized spacial score (nSPS) is 17.6. The first-order valence-electron chi connectivity index (χ1n) is 12.6.